The Bertz CT molecular complexity index is 1250. The van der Waals surface area contributed by atoms with Gasteiger partial charge in [0.25, 0.3) is 11.8 Å². The number of aromatic nitrogens is 2. The first-order valence-electron chi connectivity index (χ1n) is 10.0. The highest BCUT2D eigenvalue weighted by molar-refractivity contribution is 5.92. The summed E-state index contributed by atoms with van der Waals surface area (Å²) in [6, 6.07) is 14.4. The molecular weight excluding hydrogens is 428 g/mol. The third-order valence-corrected chi connectivity index (χ3v) is 4.62. The lowest BCUT2D eigenvalue weighted by Crippen LogP contribution is -2.21. The second-order valence-electron chi connectivity index (χ2n) is 7.36. The summed E-state index contributed by atoms with van der Waals surface area (Å²) in [7, 11) is 0. The number of carbonyl (C=O) groups excluding carboxylic acids is 1. The quantitative estimate of drug-likeness (QED) is 0.350. The predicted molar refractivity (Wildman–Crippen MR) is 123 cm³/mol. The molecule has 0 fully saturated rings. The second-order valence-corrected chi connectivity index (χ2v) is 7.36. The van der Waals surface area contributed by atoms with Crippen molar-refractivity contribution in [2.75, 3.05) is 11.9 Å². The maximum atomic E-state index is 12.3. The predicted octanol–water partition coefficient (Wildman–Crippen LogP) is 3.70. The SMILES string of the molecule is CC(C)c1ccccc1NC(=O)COc1ccc(/C=C/c2nc(O)c([N+](=O)[O-])c(=O)[nH]2)cc1. The average molecular weight is 450 g/mol. The average Bonchev–Trinajstić information content (AvgIpc) is 2.76. The minimum absolute atomic E-state index is 0.0400. The molecule has 0 unspecified atom stereocenters. The molecule has 10 heteroatoms. The van der Waals surface area contributed by atoms with Crippen molar-refractivity contribution < 1.29 is 19.6 Å². The molecule has 33 heavy (non-hydrogen) atoms. The summed E-state index contributed by atoms with van der Waals surface area (Å²) >= 11 is 0. The number of benzene rings is 2. The number of anilines is 1. The summed E-state index contributed by atoms with van der Waals surface area (Å²) in [5.41, 5.74) is 0.443. The summed E-state index contributed by atoms with van der Waals surface area (Å²) in [5, 5.41) is 23.1. The molecule has 3 N–H and O–H groups in total. The van der Waals surface area contributed by atoms with Crippen LogP contribution in [-0.2, 0) is 4.79 Å². The second kappa shape index (κ2) is 10.2. The van der Waals surface area contributed by atoms with Crippen LogP contribution in [-0.4, -0.2) is 32.5 Å². The summed E-state index contributed by atoms with van der Waals surface area (Å²) in [5.74, 6) is -0.520. The number of nitrogens with zero attached hydrogens (tertiary/aromatic N) is 2. The van der Waals surface area contributed by atoms with Crippen molar-refractivity contribution in [3.05, 3.63) is 86.0 Å². The van der Waals surface area contributed by atoms with E-state index in [0.29, 0.717) is 11.3 Å². The molecule has 0 saturated carbocycles. The largest absolute Gasteiger partial charge is 0.488 e. The maximum absolute atomic E-state index is 12.3. The van der Waals surface area contributed by atoms with Crippen molar-refractivity contribution in [3.8, 4) is 11.6 Å². The third kappa shape index (κ3) is 6.03. The van der Waals surface area contributed by atoms with Gasteiger partial charge in [0.15, 0.2) is 6.61 Å². The van der Waals surface area contributed by atoms with Crippen LogP contribution in [0, 0.1) is 10.1 Å². The van der Waals surface area contributed by atoms with Crippen molar-refractivity contribution in [1.82, 2.24) is 9.97 Å². The summed E-state index contributed by atoms with van der Waals surface area (Å²) in [6.07, 6.45) is 2.98. The van der Waals surface area contributed by atoms with E-state index in [-0.39, 0.29) is 24.3 Å². The highest BCUT2D eigenvalue weighted by Crippen LogP contribution is 2.23. The number of carbonyl (C=O) groups is 1. The molecule has 3 rings (SSSR count). The van der Waals surface area contributed by atoms with Gasteiger partial charge in [-0.2, -0.15) is 4.98 Å². The van der Waals surface area contributed by atoms with Gasteiger partial charge in [0, 0.05) is 5.69 Å². The van der Waals surface area contributed by atoms with E-state index in [1.807, 2.05) is 24.3 Å². The van der Waals surface area contributed by atoms with Gasteiger partial charge in [-0.1, -0.05) is 50.3 Å². The van der Waals surface area contributed by atoms with Gasteiger partial charge in [0.05, 0.1) is 4.92 Å². The molecule has 0 radical (unpaired) electrons. The van der Waals surface area contributed by atoms with Gasteiger partial charge in [-0.15, -0.1) is 0 Å². The third-order valence-electron chi connectivity index (χ3n) is 4.62. The van der Waals surface area contributed by atoms with E-state index < -0.39 is 22.0 Å². The molecule has 0 aliphatic rings. The maximum Gasteiger partial charge on any atom is 0.395 e. The van der Waals surface area contributed by atoms with Gasteiger partial charge in [-0.3, -0.25) is 19.7 Å². The van der Waals surface area contributed by atoms with Gasteiger partial charge in [0.1, 0.15) is 11.6 Å². The molecule has 1 heterocycles. The number of nitrogens with one attached hydrogen (secondary N) is 2. The molecule has 0 bridgehead atoms. The van der Waals surface area contributed by atoms with Crippen molar-refractivity contribution in [2.24, 2.45) is 0 Å². The Labute approximate surface area is 188 Å². The van der Waals surface area contributed by atoms with Crippen LogP contribution in [0.1, 0.15) is 36.7 Å². The topological polar surface area (TPSA) is 147 Å². The Morgan fingerprint density at radius 3 is 2.55 bits per heavy atom. The molecule has 1 aromatic heterocycles. The molecule has 0 atom stereocenters. The molecule has 3 aromatic rings. The number of amides is 1. The van der Waals surface area contributed by atoms with Crippen LogP contribution in [0.4, 0.5) is 11.4 Å². The smallest absolute Gasteiger partial charge is 0.395 e. The van der Waals surface area contributed by atoms with Crippen molar-refractivity contribution in [3.63, 3.8) is 0 Å². The van der Waals surface area contributed by atoms with Gasteiger partial charge >= 0.3 is 11.2 Å². The zero-order valence-electron chi connectivity index (χ0n) is 17.9. The molecule has 0 aliphatic carbocycles. The minimum Gasteiger partial charge on any atom is -0.488 e. The van der Waals surface area contributed by atoms with E-state index in [2.05, 4.69) is 29.1 Å². The number of nitro groups is 1. The molecular formula is C23H22N4O6. The number of hydrogen-bond acceptors (Lipinski definition) is 7. The van der Waals surface area contributed by atoms with Crippen molar-refractivity contribution in [1.29, 1.82) is 0 Å². The van der Waals surface area contributed by atoms with Gasteiger partial charge in [-0.05, 0) is 41.3 Å². The van der Waals surface area contributed by atoms with Crippen LogP contribution >= 0.6 is 0 Å². The normalized spacial score (nSPS) is 11.0. The number of aromatic hydroxyl groups is 1. The summed E-state index contributed by atoms with van der Waals surface area (Å²) in [6.45, 7) is 3.94. The summed E-state index contributed by atoms with van der Waals surface area (Å²) in [4.78, 5) is 39.5. The first-order chi connectivity index (χ1) is 15.7. The Hall–Kier alpha value is -4.47. The first kappa shape index (κ1) is 23.2. The summed E-state index contributed by atoms with van der Waals surface area (Å²) < 4.78 is 5.53. The van der Waals surface area contributed by atoms with Gasteiger partial charge < -0.3 is 20.1 Å². The number of ether oxygens (including phenoxy) is 1. The highest BCUT2D eigenvalue weighted by Gasteiger charge is 2.21. The number of para-hydroxylation sites is 1. The van der Waals surface area contributed by atoms with E-state index in [9.17, 15) is 24.8 Å². The lowest BCUT2D eigenvalue weighted by Gasteiger charge is -2.14. The number of H-pyrrole nitrogens is 1. The fourth-order valence-corrected chi connectivity index (χ4v) is 3.02. The lowest BCUT2D eigenvalue weighted by molar-refractivity contribution is -0.387. The molecule has 0 saturated heterocycles. The zero-order chi connectivity index (χ0) is 24.0. The van der Waals surface area contributed by atoms with Gasteiger partial charge in [-0.25, -0.2) is 0 Å². The molecule has 0 aliphatic heterocycles. The van der Waals surface area contributed by atoms with Gasteiger partial charge in [0.2, 0.25) is 0 Å². The van der Waals surface area contributed by atoms with Crippen LogP contribution < -0.4 is 15.6 Å². The van der Waals surface area contributed by atoms with E-state index in [1.54, 1.807) is 30.3 Å². The van der Waals surface area contributed by atoms with Crippen LogP contribution in [0.15, 0.2) is 53.3 Å². The standard InChI is InChI=1S/C23H22N4O6/c1-14(2)17-5-3-4-6-18(17)24-20(28)13-33-16-10-7-15(8-11-16)9-12-19-25-22(29)21(27(31)32)23(30)26-19/h3-12,14H,13H2,1-2H3,(H,24,28)(H2,25,26,29,30)/b12-9+. The van der Waals surface area contributed by atoms with E-state index in [4.69, 9.17) is 4.74 Å². The number of rotatable bonds is 8. The number of aromatic amines is 1. The number of hydrogen-bond donors (Lipinski definition) is 3. The lowest BCUT2D eigenvalue weighted by atomic mass is 10.0. The Morgan fingerprint density at radius 2 is 1.91 bits per heavy atom. The van der Waals surface area contributed by atoms with E-state index >= 15 is 0 Å². The van der Waals surface area contributed by atoms with Crippen LogP contribution in [0.2, 0.25) is 0 Å². The van der Waals surface area contributed by atoms with Crippen LogP contribution in [0.5, 0.6) is 11.6 Å². The Balaban J connectivity index is 1.59. The van der Waals surface area contributed by atoms with Crippen molar-refractivity contribution >= 4 is 29.4 Å². The molecule has 2 aromatic carbocycles. The Morgan fingerprint density at radius 1 is 1.21 bits per heavy atom. The Kier molecular flexibility index (Phi) is 7.19. The fraction of sp³-hybridized carbons (Fsp3) is 0.174. The fourth-order valence-electron chi connectivity index (χ4n) is 3.02. The zero-order valence-corrected chi connectivity index (χ0v) is 17.9. The van der Waals surface area contributed by atoms with Crippen LogP contribution in [0.3, 0.4) is 0 Å². The van der Waals surface area contributed by atoms with Crippen LogP contribution in [0.25, 0.3) is 12.2 Å². The molecule has 10 nitrogen and oxygen atoms in total. The molecule has 1 amide bonds. The highest BCUT2D eigenvalue weighted by atomic mass is 16.6. The molecule has 170 valence electrons. The minimum atomic E-state index is -1.05. The van der Waals surface area contributed by atoms with Crippen molar-refractivity contribution in [2.45, 2.75) is 19.8 Å². The monoisotopic (exact) mass is 450 g/mol. The van der Waals surface area contributed by atoms with E-state index in [0.717, 1.165) is 11.3 Å². The van der Waals surface area contributed by atoms with E-state index in [1.165, 1.54) is 6.08 Å². The first-order valence-corrected chi connectivity index (χ1v) is 10.0. The molecule has 0 spiro atoms.